The van der Waals surface area contributed by atoms with Crippen molar-refractivity contribution >= 4 is 12.1 Å². The van der Waals surface area contributed by atoms with Crippen LogP contribution >= 0.6 is 0 Å². The molecule has 0 spiro atoms. The zero-order valence-electron chi connectivity index (χ0n) is 10.3. The fraction of sp³-hybridized carbons (Fsp3) is 0.385. The first-order chi connectivity index (χ1) is 8.21. The van der Waals surface area contributed by atoms with E-state index in [0.717, 1.165) is 36.4 Å². The van der Waals surface area contributed by atoms with Crippen LogP contribution in [0.15, 0.2) is 12.1 Å². The molecule has 0 saturated heterocycles. The number of methoxy groups -OCH3 is 2. The highest BCUT2D eigenvalue weighted by molar-refractivity contribution is 5.98. The molecule has 1 aromatic carbocycles. The molecule has 0 bridgehead atoms. The van der Waals surface area contributed by atoms with E-state index in [4.69, 9.17) is 9.47 Å². The van der Waals surface area contributed by atoms with Gasteiger partial charge in [-0.15, -0.1) is 0 Å². The van der Waals surface area contributed by atoms with Crippen molar-refractivity contribution in [3.8, 4) is 11.5 Å². The van der Waals surface area contributed by atoms with Crippen LogP contribution in [0.2, 0.25) is 0 Å². The van der Waals surface area contributed by atoms with Gasteiger partial charge in [0.05, 0.1) is 14.2 Å². The van der Waals surface area contributed by atoms with Crippen molar-refractivity contribution in [2.24, 2.45) is 0 Å². The first-order valence-corrected chi connectivity index (χ1v) is 5.52. The predicted octanol–water partition coefficient (Wildman–Crippen LogP) is 1.24. The van der Waals surface area contributed by atoms with E-state index in [9.17, 15) is 4.79 Å². The minimum atomic E-state index is 0.693. The third-order valence-corrected chi connectivity index (χ3v) is 3.18. The second kappa shape index (κ2) is 4.57. The van der Waals surface area contributed by atoms with E-state index < -0.39 is 0 Å². The smallest absolute Gasteiger partial charge is 0.375 e. The summed E-state index contributed by atoms with van der Waals surface area (Å²) in [6.45, 7) is 2.66. The van der Waals surface area contributed by atoms with Crippen LogP contribution < -0.4 is 9.47 Å². The zero-order chi connectivity index (χ0) is 12.4. The number of hydrogen-bond acceptors (Lipinski definition) is 3. The maximum absolute atomic E-state index is 10.9. The summed E-state index contributed by atoms with van der Waals surface area (Å²) < 4.78 is 12.3. The molecule has 0 radical (unpaired) electrons. The summed E-state index contributed by atoms with van der Waals surface area (Å²) in [5.74, 6) is 1.43. The molecule has 0 atom stereocenters. The maximum Gasteiger partial charge on any atom is 0.375 e. The number of nitrogens with zero attached hydrogens (tertiary/aromatic N) is 1. The fourth-order valence-corrected chi connectivity index (χ4v) is 2.16. The van der Waals surface area contributed by atoms with Gasteiger partial charge in [-0.1, -0.05) is 0 Å². The molecule has 90 valence electrons. The van der Waals surface area contributed by atoms with Crippen LogP contribution in [0.1, 0.15) is 18.1 Å². The number of ether oxygens (including phenoxy) is 2. The Hall–Kier alpha value is -1.84. The molecule has 17 heavy (non-hydrogen) atoms. The van der Waals surface area contributed by atoms with Crippen molar-refractivity contribution in [3.63, 3.8) is 0 Å². The lowest BCUT2D eigenvalue weighted by Crippen LogP contribution is -2.27. The van der Waals surface area contributed by atoms with Gasteiger partial charge in [0.25, 0.3) is 0 Å². The van der Waals surface area contributed by atoms with Gasteiger partial charge in [0.1, 0.15) is 0 Å². The number of benzene rings is 1. The van der Waals surface area contributed by atoms with Gasteiger partial charge >= 0.3 is 6.41 Å². The lowest BCUT2D eigenvalue weighted by Gasteiger charge is -2.16. The molecule has 1 aromatic rings. The molecule has 0 saturated carbocycles. The highest BCUT2D eigenvalue weighted by Gasteiger charge is 2.24. The molecular weight excluding hydrogens is 218 g/mol. The molecule has 1 amide bonds. The van der Waals surface area contributed by atoms with Crippen LogP contribution in [0.3, 0.4) is 0 Å². The molecular formula is C13H16NO3+. The molecule has 1 aliphatic heterocycles. The van der Waals surface area contributed by atoms with Crippen molar-refractivity contribution in [1.82, 2.24) is 0 Å². The number of fused-ring (bicyclic) bond motifs is 1. The fourth-order valence-electron chi connectivity index (χ4n) is 2.16. The topological polar surface area (TPSA) is 38.5 Å². The van der Waals surface area contributed by atoms with E-state index in [1.807, 2.05) is 19.1 Å². The Bertz CT molecular complexity index is 492. The normalized spacial score (nSPS) is 14.3. The van der Waals surface area contributed by atoms with Crippen LogP contribution in [0.25, 0.3) is 0 Å². The zero-order valence-corrected chi connectivity index (χ0v) is 10.3. The van der Waals surface area contributed by atoms with E-state index in [-0.39, 0.29) is 0 Å². The third kappa shape index (κ3) is 1.90. The highest BCUT2D eigenvalue weighted by atomic mass is 16.5. The van der Waals surface area contributed by atoms with Crippen LogP contribution in [0.4, 0.5) is 0 Å². The summed E-state index contributed by atoms with van der Waals surface area (Å²) in [6, 6.07) is 3.92. The van der Waals surface area contributed by atoms with Crippen molar-refractivity contribution in [2.45, 2.75) is 13.3 Å². The molecule has 2 rings (SSSR count). The molecule has 0 aliphatic carbocycles. The van der Waals surface area contributed by atoms with Gasteiger partial charge in [0, 0.05) is 18.9 Å². The standard InChI is InChI=1S/C13H16NO3/c1-9-11-7-13(17-3)12(16-2)6-10(11)4-5-14(9)8-15/h6-8H,4-5H2,1-3H3/q+1. The van der Waals surface area contributed by atoms with Crippen LogP contribution in [-0.4, -0.2) is 37.5 Å². The van der Waals surface area contributed by atoms with E-state index in [1.54, 1.807) is 18.8 Å². The van der Waals surface area contributed by atoms with E-state index in [0.29, 0.717) is 5.75 Å². The van der Waals surface area contributed by atoms with E-state index in [1.165, 1.54) is 5.56 Å². The first kappa shape index (κ1) is 11.6. The summed E-state index contributed by atoms with van der Waals surface area (Å²) in [5.41, 5.74) is 3.21. The van der Waals surface area contributed by atoms with Gasteiger partial charge in [-0.2, -0.15) is 4.58 Å². The second-order valence-corrected chi connectivity index (χ2v) is 4.00. The summed E-state index contributed by atoms with van der Waals surface area (Å²) in [5, 5.41) is 0. The van der Waals surface area contributed by atoms with Crippen molar-refractivity contribution < 1.29 is 18.8 Å². The quantitative estimate of drug-likeness (QED) is 0.583. The summed E-state index contributed by atoms with van der Waals surface area (Å²) in [6.07, 6.45) is 1.71. The molecule has 1 heterocycles. The Morgan fingerprint density at radius 3 is 2.47 bits per heavy atom. The maximum atomic E-state index is 10.9. The average Bonchev–Trinajstić information content (AvgIpc) is 2.38. The van der Waals surface area contributed by atoms with Gasteiger partial charge in [-0.25, -0.2) is 4.79 Å². The first-order valence-electron chi connectivity index (χ1n) is 5.52. The number of hydrogen-bond donors (Lipinski definition) is 0. The van der Waals surface area contributed by atoms with Gasteiger partial charge < -0.3 is 9.47 Å². The minimum absolute atomic E-state index is 0.693. The number of carbonyl (C=O) groups excluding carboxylic acids is 1. The molecule has 0 unspecified atom stereocenters. The van der Waals surface area contributed by atoms with Gasteiger partial charge in [-0.05, 0) is 17.7 Å². The second-order valence-electron chi connectivity index (χ2n) is 4.00. The Labute approximate surface area is 100 Å². The van der Waals surface area contributed by atoms with E-state index in [2.05, 4.69) is 0 Å². The van der Waals surface area contributed by atoms with Crippen LogP contribution in [0, 0.1) is 0 Å². The van der Waals surface area contributed by atoms with Crippen LogP contribution in [0.5, 0.6) is 11.5 Å². The van der Waals surface area contributed by atoms with Crippen molar-refractivity contribution in [2.75, 3.05) is 20.8 Å². The molecule has 0 aromatic heterocycles. The molecule has 0 fully saturated rings. The highest BCUT2D eigenvalue weighted by Crippen LogP contribution is 2.32. The lowest BCUT2D eigenvalue weighted by molar-refractivity contribution is -0.434. The Morgan fingerprint density at radius 1 is 1.24 bits per heavy atom. The number of carbonyl (C=O) groups is 1. The number of amides is 1. The molecule has 4 heteroatoms. The van der Waals surface area contributed by atoms with Crippen molar-refractivity contribution in [1.29, 1.82) is 0 Å². The van der Waals surface area contributed by atoms with Gasteiger partial charge in [0.2, 0.25) is 0 Å². The summed E-state index contributed by atoms with van der Waals surface area (Å²) >= 11 is 0. The average molecular weight is 234 g/mol. The van der Waals surface area contributed by atoms with E-state index >= 15 is 0 Å². The minimum Gasteiger partial charge on any atom is -0.493 e. The monoisotopic (exact) mass is 234 g/mol. The largest absolute Gasteiger partial charge is 0.493 e. The summed E-state index contributed by atoms with van der Waals surface area (Å²) in [7, 11) is 3.24. The predicted molar refractivity (Wildman–Crippen MR) is 64.2 cm³/mol. The third-order valence-electron chi connectivity index (χ3n) is 3.18. The molecule has 0 N–H and O–H groups in total. The lowest BCUT2D eigenvalue weighted by atomic mass is 9.97. The Morgan fingerprint density at radius 2 is 1.88 bits per heavy atom. The summed E-state index contributed by atoms with van der Waals surface area (Å²) in [4.78, 5) is 10.9. The van der Waals surface area contributed by atoms with Gasteiger partial charge in [0.15, 0.2) is 23.8 Å². The number of rotatable bonds is 3. The van der Waals surface area contributed by atoms with Gasteiger partial charge in [-0.3, -0.25) is 0 Å². The molecule has 1 aliphatic rings. The Kier molecular flexibility index (Phi) is 3.13. The van der Waals surface area contributed by atoms with Crippen LogP contribution in [-0.2, 0) is 11.2 Å². The SMILES string of the molecule is COc1cc2c(cc1OC)C(C)=[N+](C=O)CC2. The Balaban J connectivity index is 2.59. The molecule has 4 nitrogen and oxygen atoms in total. The van der Waals surface area contributed by atoms with Crippen molar-refractivity contribution in [3.05, 3.63) is 23.3 Å².